The predicted molar refractivity (Wildman–Crippen MR) is 99.7 cm³/mol. The summed E-state index contributed by atoms with van der Waals surface area (Å²) in [5.74, 6) is 0.335. The fourth-order valence-corrected chi connectivity index (χ4v) is 3.57. The van der Waals surface area contributed by atoms with Crippen molar-refractivity contribution in [3.8, 4) is 5.75 Å². The second-order valence-electron chi connectivity index (χ2n) is 5.75. The summed E-state index contributed by atoms with van der Waals surface area (Å²) < 4.78 is 6.32. The van der Waals surface area contributed by atoms with Crippen LogP contribution in [0, 0.1) is 6.92 Å². The van der Waals surface area contributed by atoms with Crippen LogP contribution in [0.1, 0.15) is 28.4 Å². The van der Waals surface area contributed by atoms with Crippen molar-refractivity contribution in [3.63, 3.8) is 0 Å². The Hall–Kier alpha value is -2.73. The minimum absolute atomic E-state index is 0.0500. The monoisotopic (exact) mass is 354 g/mol. The molecular formula is C19H18N2O3S. The highest BCUT2D eigenvalue weighted by Crippen LogP contribution is 2.28. The number of rotatable bonds is 5. The molecule has 0 saturated carbocycles. The van der Waals surface area contributed by atoms with Gasteiger partial charge in [-0.15, -0.1) is 0 Å². The summed E-state index contributed by atoms with van der Waals surface area (Å²) in [6.45, 7) is 3.49. The fourth-order valence-electron chi connectivity index (χ4n) is 2.61. The van der Waals surface area contributed by atoms with E-state index in [-0.39, 0.29) is 18.1 Å². The van der Waals surface area contributed by atoms with Crippen LogP contribution in [0.25, 0.3) is 10.2 Å². The first-order valence-electron chi connectivity index (χ1n) is 7.82. The highest BCUT2D eigenvalue weighted by atomic mass is 32.1. The third kappa shape index (κ3) is 3.69. The van der Waals surface area contributed by atoms with Crippen LogP contribution in [0.15, 0.2) is 36.4 Å². The lowest BCUT2D eigenvalue weighted by molar-refractivity contribution is -0.115. The number of thiazole rings is 1. The number of hydrogen-bond donors (Lipinski definition) is 1. The molecule has 0 bridgehead atoms. The molecule has 1 aromatic heterocycles. The largest absolute Gasteiger partial charge is 0.496 e. The lowest BCUT2D eigenvalue weighted by atomic mass is 10.0. The normalized spacial score (nSPS) is 10.7. The van der Waals surface area contributed by atoms with Crippen LogP contribution in [0.2, 0.25) is 0 Å². The van der Waals surface area contributed by atoms with Gasteiger partial charge in [-0.25, -0.2) is 4.98 Å². The predicted octanol–water partition coefficient (Wildman–Crippen LogP) is 4.00. The number of aryl methyl sites for hydroxylation is 1. The molecule has 3 rings (SSSR count). The number of aromatic nitrogens is 1. The summed E-state index contributed by atoms with van der Waals surface area (Å²) in [5, 5.41) is 3.40. The Morgan fingerprint density at radius 3 is 2.72 bits per heavy atom. The Kier molecular flexibility index (Phi) is 4.81. The number of anilines is 1. The topological polar surface area (TPSA) is 68.3 Å². The Balaban J connectivity index is 1.81. The molecule has 1 heterocycles. The number of methoxy groups -OCH3 is 1. The number of carbonyl (C=O) groups is 2. The van der Waals surface area contributed by atoms with E-state index in [1.807, 2.05) is 25.1 Å². The maximum absolute atomic E-state index is 12.4. The van der Waals surface area contributed by atoms with Gasteiger partial charge in [-0.05, 0) is 43.7 Å². The molecule has 6 heteroatoms. The average molecular weight is 354 g/mol. The lowest BCUT2D eigenvalue weighted by Crippen LogP contribution is -2.15. The zero-order chi connectivity index (χ0) is 18.0. The molecule has 0 aliphatic carbocycles. The Labute approximate surface area is 149 Å². The SMILES string of the molecule is COc1ccc(C(C)=O)cc1CC(=O)Nc1nc2c(C)cccc2s1. The average Bonchev–Trinajstić information content (AvgIpc) is 2.98. The van der Waals surface area contributed by atoms with E-state index in [1.165, 1.54) is 18.3 Å². The molecule has 3 aromatic rings. The van der Waals surface area contributed by atoms with Gasteiger partial charge in [0, 0.05) is 11.1 Å². The van der Waals surface area contributed by atoms with Crippen molar-refractivity contribution in [2.75, 3.05) is 12.4 Å². The standard InChI is InChI=1S/C19H18N2O3S/c1-11-5-4-6-16-18(11)21-19(25-16)20-17(23)10-14-9-13(12(2)22)7-8-15(14)24-3/h4-9H,10H2,1-3H3,(H,20,21,23). The summed E-state index contributed by atoms with van der Waals surface area (Å²) in [5.41, 5.74) is 3.20. The quantitative estimate of drug-likeness (QED) is 0.703. The van der Waals surface area contributed by atoms with Crippen molar-refractivity contribution >= 4 is 38.4 Å². The maximum atomic E-state index is 12.4. The maximum Gasteiger partial charge on any atom is 0.230 e. The van der Waals surface area contributed by atoms with E-state index < -0.39 is 0 Å². The molecule has 0 saturated heterocycles. The van der Waals surface area contributed by atoms with Crippen LogP contribution in [0.5, 0.6) is 5.75 Å². The fraction of sp³-hybridized carbons (Fsp3) is 0.211. The number of amides is 1. The van der Waals surface area contributed by atoms with Crippen LogP contribution < -0.4 is 10.1 Å². The molecule has 0 atom stereocenters. The third-order valence-corrected chi connectivity index (χ3v) is 4.84. The number of para-hydroxylation sites is 1. The van der Waals surface area contributed by atoms with Crippen molar-refractivity contribution in [2.24, 2.45) is 0 Å². The number of hydrogen-bond acceptors (Lipinski definition) is 5. The van der Waals surface area contributed by atoms with E-state index in [0.717, 1.165) is 15.8 Å². The molecule has 25 heavy (non-hydrogen) atoms. The van der Waals surface area contributed by atoms with Crippen molar-refractivity contribution in [1.82, 2.24) is 4.98 Å². The van der Waals surface area contributed by atoms with Crippen LogP contribution in [-0.4, -0.2) is 23.8 Å². The smallest absolute Gasteiger partial charge is 0.230 e. The first-order chi connectivity index (χ1) is 12.0. The minimum atomic E-state index is -0.198. The minimum Gasteiger partial charge on any atom is -0.496 e. The first kappa shape index (κ1) is 17.1. The number of benzene rings is 2. The molecule has 1 N–H and O–H groups in total. The number of nitrogens with zero attached hydrogens (tertiary/aromatic N) is 1. The van der Waals surface area contributed by atoms with Gasteiger partial charge in [0.2, 0.25) is 5.91 Å². The van der Waals surface area contributed by atoms with Gasteiger partial charge in [0.25, 0.3) is 0 Å². The number of Topliss-reactive ketones (excluding diaryl/α,β-unsaturated/α-hetero) is 1. The van der Waals surface area contributed by atoms with E-state index in [0.29, 0.717) is 22.0 Å². The Morgan fingerprint density at radius 1 is 1.24 bits per heavy atom. The number of nitrogens with one attached hydrogen (secondary N) is 1. The number of ether oxygens (including phenoxy) is 1. The molecule has 0 aliphatic heterocycles. The molecule has 0 unspecified atom stereocenters. The third-order valence-electron chi connectivity index (χ3n) is 3.91. The second-order valence-corrected chi connectivity index (χ2v) is 6.78. The van der Waals surface area contributed by atoms with E-state index in [1.54, 1.807) is 25.3 Å². The zero-order valence-electron chi connectivity index (χ0n) is 14.3. The lowest BCUT2D eigenvalue weighted by Gasteiger charge is -2.09. The molecule has 1 amide bonds. The molecule has 2 aromatic carbocycles. The summed E-state index contributed by atoms with van der Waals surface area (Å²) in [7, 11) is 1.54. The molecule has 128 valence electrons. The van der Waals surface area contributed by atoms with E-state index in [2.05, 4.69) is 10.3 Å². The summed E-state index contributed by atoms with van der Waals surface area (Å²) in [6, 6.07) is 11.0. The summed E-state index contributed by atoms with van der Waals surface area (Å²) in [4.78, 5) is 28.4. The highest BCUT2D eigenvalue weighted by Gasteiger charge is 2.14. The molecule has 0 radical (unpaired) electrons. The zero-order valence-corrected chi connectivity index (χ0v) is 15.1. The van der Waals surface area contributed by atoms with E-state index >= 15 is 0 Å². The van der Waals surface area contributed by atoms with Crippen molar-refractivity contribution in [1.29, 1.82) is 0 Å². The van der Waals surface area contributed by atoms with Gasteiger partial charge in [-0.3, -0.25) is 9.59 Å². The Bertz CT molecular complexity index is 962. The molecule has 0 spiro atoms. The molecule has 5 nitrogen and oxygen atoms in total. The van der Waals surface area contributed by atoms with Gasteiger partial charge in [0.1, 0.15) is 5.75 Å². The van der Waals surface area contributed by atoms with Crippen molar-refractivity contribution in [3.05, 3.63) is 53.1 Å². The number of fused-ring (bicyclic) bond motifs is 1. The van der Waals surface area contributed by atoms with Gasteiger partial charge >= 0.3 is 0 Å². The van der Waals surface area contributed by atoms with Gasteiger partial charge in [-0.2, -0.15) is 0 Å². The Morgan fingerprint density at radius 2 is 2.04 bits per heavy atom. The van der Waals surface area contributed by atoms with E-state index in [4.69, 9.17) is 4.74 Å². The summed E-state index contributed by atoms with van der Waals surface area (Å²) in [6.07, 6.45) is 0.110. The second kappa shape index (κ2) is 7.03. The van der Waals surface area contributed by atoms with E-state index in [9.17, 15) is 9.59 Å². The van der Waals surface area contributed by atoms with Crippen molar-refractivity contribution < 1.29 is 14.3 Å². The number of ketones is 1. The van der Waals surface area contributed by atoms with Crippen LogP contribution >= 0.6 is 11.3 Å². The van der Waals surface area contributed by atoms with Gasteiger partial charge in [0.05, 0.1) is 23.7 Å². The van der Waals surface area contributed by atoms with Gasteiger partial charge < -0.3 is 10.1 Å². The molecule has 0 fully saturated rings. The van der Waals surface area contributed by atoms with Crippen LogP contribution in [0.4, 0.5) is 5.13 Å². The highest BCUT2D eigenvalue weighted by molar-refractivity contribution is 7.22. The number of carbonyl (C=O) groups excluding carboxylic acids is 2. The van der Waals surface area contributed by atoms with Gasteiger partial charge in [-0.1, -0.05) is 23.5 Å². The van der Waals surface area contributed by atoms with Crippen LogP contribution in [-0.2, 0) is 11.2 Å². The van der Waals surface area contributed by atoms with Gasteiger partial charge in [0.15, 0.2) is 10.9 Å². The van der Waals surface area contributed by atoms with Crippen LogP contribution in [0.3, 0.4) is 0 Å². The van der Waals surface area contributed by atoms with Crippen molar-refractivity contribution in [2.45, 2.75) is 20.3 Å². The molecule has 0 aliphatic rings. The molecular weight excluding hydrogens is 336 g/mol. The summed E-state index contributed by atoms with van der Waals surface area (Å²) >= 11 is 1.44. The first-order valence-corrected chi connectivity index (χ1v) is 8.63.